The van der Waals surface area contributed by atoms with Gasteiger partial charge in [-0.1, -0.05) is 0 Å². The first-order valence-corrected chi connectivity index (χ1v) is 1.24. The summed E-state index contributed by atoms with van der Waals surface area (Å²) in [6, 6.07) is 0. The second-order valence-corrected chi connectivity index (χ2v) is 0.691. The van der Waals surface area contributed by atoms with E-state index >= 15 is 0 Å². The largest absolute Gasteiger partial charge is 0.473 e. The van der Waals surface area contributed by atoms with Gasteiger partial charge in [0.05, 0.1) is 0 Å². The molecule has 0 aliphatic carbocycles. The molecule has 4 heteroatoms. The lowest BCUT2D eigenvalue weighted by atomic mass is 11.1. The van der Waals surface area contributed by atoms with Crippen molar-refractivity contribution in [3.05, 3.63) is 0 Å². The van der Waals surface area contributed by atoms with Gasteiger partial charge in [-0.3, -0.25) is 0 Å². The molecule has 0 fully saturated rings. The van der Waals surface area contributed by atoms with Crippen LogP contribution in [0.5, 0.6) is 0 Å². The topological polar surface area (TPSA) is 14.1 Å². The van der Waals surface area contributed by atoms with E-state index in [1.165, 1.54) is 0 Å². The van der Waals surface area contributed by atoms with Crippen LogP contribution in [0.4, 0.5) is 13.2 Å². The van der Waals surface area contributed by atoms with Gasteiger partial charge in [-0.05, 0) is 0 Å². The van der Waals surface area contributed by atoms with Crippen LogP contribution in [0, 0.1) is 0 Å². The molecular weight excluding hydrogens is 95.0 g/mol. The molecule has 0 aliphatic rings. The van der Waals surface area contributed by atoms with E-state index in [2.05, 4.69) is 0 Å². The third-order valence-corrected chi connectivity index (χ3v) is 0.254. The van der Waals surface area contributed by atoms with Crippen LogP contribution in [-0.4, -0.2) is 13.3 Å². The van der Waals surface area contributed by atoms with Crippen molar-refractivity contribution in [2.45, 2.75) is 6.30 Å². The molecule has 0 spiro atoms. The van der Waals surface area contributed by atoms with Gasteiger partial charge in [-0.2, -0.15) is 13.2 Å². The quantitative estimate of drug-likeness (QED) is 0.397. The van der Waals surface area contributed by atoms with Gasteiger partial charge < -0.3 is 0 Å². The average molecular weight is 98.0 g/mol. The van der Waals surface area contributed by atoms with Gasteiger partial charge in [0.15, 0.2) is 0 Å². The van der Waals surface area contributed by atoms with E-state index in [1.54, 1.807) is 0 Å². The van der Waals surface area contributed by atoms with Gasteiger partial charge in [-0.25, -0.2) is 0 Å². The van der Waals surface area contributed by atoms with Gasteiger partial charge in [-0.15, -0.1) is 5.32 Å². The summed E-state index contributed by atoms with van der Waals surface area (Å²) in [4.78, 5) is 0. The highest BCUT2D eigenvalue weighted by atomic mass is 19.4. The third-order valence-electron chi connectivity index (χ3n) is 0.254. The Labute approximate surface area is 33.2 Å². The Balaban J connectivity index is 3.17. The Morgan fingerprint density at radius 1 is 1.33 bits per heavy atom. The van der Waals surface area contributed by atoms with E-state index in [9.17, 15) is 13.2 Å². The van der Waals surface area contributed by atoms with Gasteiger partial charge in [0.1, 0.15) is 0 Å². The first-order valence-electron chi connectivity index (χ1n) is 1.24. The zero-order valence-corrected chi connectivity index (χ0v) is 3.08. The Morgan fingerprint density at radius 2 is 1.50 bits per heavy atom. The molecule has 0 aliphatic heterocycles. The van der Waals surface area contributed by atoms with Crippen molar-refractivity contribution in [2.75, 3.05) is 7.05 Å². The first kappa shape index (κ1) is 5.75. The summed E-state index contributed by atoms with van der Waals surface area (Å²) < 4.78 is 31.9. The van der Waals surface area contributed by atoms with Crippen molar-refractivity contribution in [2.24, 2.45) is 0 Å². The Kier molecular flexibility index (Phi) is 1.40. The molecule has 0 atom stereocenters. The summed E-state index contributed by atoms with van der Waals surface area (Å²) in [5.74, 6) is 0. The SMILES string of the molecule is C[N]C(F)(F)F. The summed E-state index contributed by atoms with van der Waals surface area (Å²) in [6.07, 6.45) is -4.33. The standard InChI is InChI=1S/C2H3F3N/c1-6-2(3,4)5/h1H3. The van der Waals surface area contributed by atoms with Crippen LogP contribution in [0.2, 0.25) is 0 Å². The van der Waals surface area contributed by atoms with Crippen LogP contribution in [0.15, 0.2) is 0 Å². The van der Waals surface area contributed by atoms with Crippen molar-refractivity contribution in [1.82, 2.24) is 5.32 Å². The van der Waals surface area contributed by atoms with E-state index in [0.29, 0.717) is 7.05 Å². The zero-order chi connectivity index (χ0) is 5.21. The molecule has 0 aromatic rings. The van der Waals surface area contributed by atoms with Crippen molar-refractivity contribution in [3.8, 4) is 0 Å². The molecule has 0 aromatic carbocycles. The molecule has 37 valence electrons. The van der Waals surface area contributed by atoms with Crippen molar-refractivity contribution >= 4 is 0 Å². The fourth-order valence-corrected chi connectivity index (χ4v) is 0. The fourth-order valence-electron chi connectivity index (χ4n) is 0. The normalized spacial score (nSPS) is 12.0. The molecule has 0 unspecified atom stereocenters. The molecule has 0 amide bonds. The van der Waals surface area contributed by atoms with Gasteiger partial charge >= 0.3 is 6.30 Å². The fraction of sp³-hybridized carbons (Fsp3) is 1.00. The number of nitrogens with zero attached hydrogens (tertiary/aromatic N) is 1. The van der Waals surface area contributed by atoms with E-state index in [4.69, 9.17) is 0 Å². The number of rotatable bonds is 0. The lowest BCUT2D eigenvalue weighted by Crippen LogP contribution is -2.19. The second-order valence-electron chi connectivity index (χ2n) is 0.691. The molecule has 0 heterocycles. The predicted octanol–water partition coefficient (Wildman–Crippen LogP) is 0.740. The number of alkyl halides is 3. The number of halogens is 3. The van der Waals surface area contributed by atoms with Crippen molar-refractivity contribution in [1.29, 1.82) is 0 Å². The van der Waals surface area contributed by atoms with Gasteiger partial charge in [0, 0.05) is 7.05 Å². The third kappa shape index (κ3) is 3.75. The maximum absolute atomic E-state index is 10.6. The molecule has 0 saturated heterocycles. The molecular formula is C2H3F3N. The number of hydrogen-bond acceptors (Lipinski definition) is 0. The second kappa shape index (κ2) is 1.47. The van der Waals surface area contributed by atoms with E-state index in [-0.39, 0.29) is 0 Å². The van der Waals surface area contributed by atoms with Crippen LogP contribution < -0.4 is 5.32 Å². The minimum Gasteiger partial charge on any atom is -0.154 e. The highest BCUT2D eigenvalue weighted by Crippen LogP contribution is 2.08. The molecule has 1 nitrogen and oxygen atoms in total. The molecule has 0 rings (SSSR count). The molecule has 0 N–H and O–H groups in total. The van der Waals surface area contributed by atoms with Crippen LogP contribution in [0.25, 0.3) is 0 Å². The minimum absolute atomic E-state index is 0.708. The monoisotopic (exact) mass is 98.0 g/mol. The molecule has 0 aromatic heterocycles. The smallest absolute Gasteiger partial charge is 0.154 e. The summed E-state index contributed by atoms with van der Waals surface area (Å²) in [5.41, 5.74) is 0. The maximum Gasteiger partial charge on any atom is 0.473 e. The Hall–Kier alpha value is -0.250. The van der Waals surface area contributed by atoms with Gasteiger partial charge in [0.2, 0.25) is 0 Å². The molecule has 0 bridgehead atoms. The van der Waals surface area contributed by atoms with Gasteiger partial charge in [0.25, 0.3) is 0 Å². The average Bonchev–Trinajstić information content (AvgIpc) is 1.35. The summed E-state index contributed by atoms with van der Waals surface area (Å²) in [7, 11) is 0.708. The van der Waals surface area contributed by atoms with Crippen LogP contribution in [-0.2, 0) is 0 Å². The zero-order valence-electron chi connectivity index (χ0n) is 3.08. The summed E-state index contributed by atoms with van der Waals surface area (Å²) in [6.45, 7) is 0. The highest BCUT2D eigenvalue weighted by molar-refractivity contribution is 4.32. The highest BCUT2D eigenvalue weighted by Gasteiger charge is 2.24. The van der Waals surface area contributed by atoms with Crippen LogP contribution >= 0.6 is 0 Å². The van der Waals surface area contributed by atoms with Crippen LogP contribution in [0.3, 0.4) is 0 Å². The van der Waals surface area contributed by atoms with E-state index in [0.717, 1.165) is 0 Å². The Bertz CT molecular complexity index is 38.5. The minimum atomic E-state index is -4.33. The molecule has 6 heavy (non-hydrogen) atoms. The first-order chi connectivity index (χ1) is 2.56. The summed E-state index contributed by atoms with van der Waals surface area (Å²) in [5, 5.41) is 2.02. The molecule has 1 radical (unpaired) electrons. The Morgan fingerprint density at radius 3 is 1.50 bits per heavy atom. The summed E-state index contributed by atoms with van der Waals surface area (Å²) >= 11 is 0. The number of hydrogen-bond donors (Lipinski definition) is 0. The predicted molar refractivity (Wildman–Crippen MR) is 14.1 cm³/mol. The van der Waals surface area contributed by atoms with E-state index < -0.39 is 6.30 Å². The maximum atomic E-state index is 10.6. The van der Waals surface area contributed by atoms with E-state index in [1.807, 2.05) is 5.32 Å². The van der Waals surface area contributed by atoms with Crippen LogP contribution in [0.1, 0.15) is 0 Å². The van der Waals surface area contributed by atoms with Crippen molar-refractivity contribution in [3.63, 3.8) is 0 Å². The lowest BCUT2D eigenvalue weighted by Gasteiger charge is -1.96. The molecule has 0 saturated carbocycles. The van der Waals surface area contributed by atoms with Crippen molar-refractivity contribution < 1.29 is 13.2 Å². The lowest BCUT2D eigenvalue weighted by molar-refractivity contribution is -0.154.